The number of rotatable bonds is 6. The van der Waals surface area contributed by atoms with Crippen molar-refractivity contribution in [2.45, 2.75) is 32.2 Å². The van der Waals surface area contributed by atoms with Gasteiger partial charge in [-0.3, -0.25) is 9.89 Å². The summed E-state index contributed by atoms with van der Waals surface area (Å²) in [4.78, 5) is 7.43. The molecule has 1 atom stereocenters. The molecule has 0 spiro atoms. The second kappa shape index (κ2) is 9.75. The van der Waals surface area contributed by atoms with E-state index in [1.54, 1.807) is 0 Å². The number of anilines is 1. The van der Waals surface area contributed by atoms with E-state index in [4.69, 9.17) is 16.6 Å². The summed E-state index contributed by atoms with van der Waals surface area (Å²) >= 11 is 6.23. The van der Waals surface area contributed by atoms with Crippen LogP contribution in [-0.4, -0.2) is 49.9 Å². The summed E-state index contributed by atoms with van der Waals surface area (Å²) in [5, 5.41) is 7.72. The molecule has 0 radical (unpaired) electrons. The van der Waals surface area contributed by atoms with Crippen LogP contribution in [0.3, 0.4) is 0 Å². The second-order valence-corrected chi connectivity index (χ2v) is 8.56. The Labute approximate surface area is 179 Å². The fourth-order valence-electron chi connectivity index (χ4n) is 4.37. The average Bonchev–Trinajstić information content (AvgIpc) is 2.75. The molecule has 1 unspecified atom stereocenters. The summed E-state index contributed by atoms with van der Waals surface area (Å²) in [6.07, 6.45) is 2.20. The highest BCUT2D eigenvalue weighted by Crippen LogP contribution is 2.35. The molecule has 0 aliphatic carbocycles. The van der Waals surface area contributed by atoms with Crippen LogP contribution < -0.4 is 10.6 Å². The second-order valence-electron chi connectivity index (χ2n) is 8.13. The zero-order chi connectivity index (χ0) is 20.1. The van der Waals surface area contributed by atoms with E-state index in [9.17, 15) is 0 Å². The highest BCUT2D eigenvalue weighted by molar-refractivity contribution is 6.30. The first-order valence-corrected chi connectivity index (χ1v) is 11.1. The maximum atomic E-state index is 6.23. The molecule has 2 N–H and O–H groups in total. The van der Waals surface area contributed by atoms with Gasteiger partial charge in [0.15, 0.2) is 0 Å². The molecule has 2 aliphatic rings. The van der Waals surface area contributed by atoms with Crippen LogP contribution in [-0.2, 0) is 6.54 Å². The van der Waals surface area contributed by atoms with Gasteiger partial charge in [0, 0.05) is 62.2 Å². The van der Waals surface area contributed by atoms with E-state index in [1.165, 1.54) is 22.4 Å². The minimum Gasteiger partial charge on any atom is -0.385 e. The molecule has 0 aromatic heterocycles. The summed E-state index contributed by atoms with van der Waals surface area (Å²) in [6.45, 7) is 9.46. The van der Waals surface area contributed by atoms with Crippen LogP contribution in [0.2, 0.25) is 5.02 Å². The minimum absolute atomic E-state index is 0.528. The molecule has 5 heteroatoms. The Morgan fingerprint density at radius 2 is 2.00 bits per heavy atom. The fraction of sp³-hybridized carbons (Fsp3) is 0.458. The van der Waals surface area contributed by atoms with Crippen molar-refractivity contribution in [1.29, 1.82) is 0 Å². The van der Waals surface area contributed by atoms with Gasteiger partial charge in [0.05, 0.1) is 0 Å². The number of benzene rings is 2. The zero-order valence-electron chi connectivity index (χ0n) is 17.3. The lowest BCUT2D eigenvalue weighted by atomic mass is 9.88. The van der Waals surface area contributed by atoms with Gasteiger partial charge in [-0.15, -0.1) is 0 Å². The molecule has 1 saturated heterocycles. The van der Waals surface area contributed by atoms with Gasteiger partial charge in [-0.25, -0.2) is 0 Å². The first-order chi connectivity index (χ1) is 14.2. The number of aliphatic imine (C=N–C) groups is 1. The van der Waals surface area contributed by atoms with E-state index >= 15 is 0 Å². The molecule has 0 bridgehead atoms. The third-order valence-electron chi connectivity index (χ3n) is 6.05. The van der Waals surface area contributed by atoms with E-state index < -0.39 is 0 Å². The molecule has 1 fully saturated rings. The average molecular weight is 411 g/mol. The van der Waals surface area contributed by atoms with Crippen LogP contribution in [0, 0.1) is 0 Å². The van der Waals surface area contributed by atoms with Gasteiger partial charge in [0.25, 0.3) is 0 Å². The van der Waals surface area contributed by atoms with Gasteiger partial charge in [-0.2, -0.15) is 0 Å². The first-order valence-electron chi connectivity index (χ1n) is 10.8. The topological polar surface area (TPSA) is 39.7 Å². The Morgan fingerprint density at radius 1 is 1.14 bits per heavy atom. The van der Waals surface area contributed by atoms with Crippen molar-refractivity contribution in [1.82, 2.24) is 10.2 Å². The minimum atomic E-state index is 0.528. The van der Waals surface area contributed by atoms with Crippen LogP contribution in [0.4, 0.5) is 5.69 Å². The van der Waals surface area contributed by atoms with Crippen LogP contribution >= 0.6 is 11.6 Å². The highest BCUT2D eigenvalue weighted by atomic mass is 35.5. The molecule has 154 valence electrons. The molecule has 29 heavy (non-hydrogen) atoms. The summed E-state index contributed by atoms with van der Waals surface area (Å²) in [7, 11) is 0. The predicted octanol–water partition coefficient (Wildman–Crippen LogP) is 4.54. The summed E-state index contributed by atoms with van der Waals surface area (Å²) in [5.41, 5.74) is 6.32. The lowest BCUT2D eigenvalue weighted by Crippen LogP contribution is -2.42. The Morgan fingerprint density at radius 3 is 2.86 bits per heavy atom. The van der Waals surface area contributed by atoms with Gasteiger partial charge in [-0.05, 0) is 66.6 Å². The van der Waals surface area contributed by atoms with Crippen molar-refractivity contribution >= 4 is 23.0 Å². The summed E-state index contributed by atoms with van der Waals surface area (Å²) < 4.78 is 0. The van der Waals surface area contributed by atoms with Gasteiger partial charge < -0.3 is 10.6 Å². The van der Waals surface area contributed by atoms with Crippen LogP contribution in [0.5, 0.6) is 0 Å². The molecular weight excluding hydrogens is 380 g/mol. The Balaban J connectivity index is 1.37. The third kappa shape index (κ3) is 5.39. The van der Waals surface area contributed by atoms with Crippen molar-refractivity contribution in [2.24, 2.45) is 4.99 Å². The number of hydrogen-bond donors (Lipinski definition) is 2. The first kappa shape index (κ1) is 20.4. The smallest absolute Gasteiger partial charge is 0.0410 e. The van der Waals surface area contributed by atoms with Crippen molar-refractivity contribution in [2.75, 3.05) is 44.6 Å². The van der Waals surface area contributed by atoms with Crippen LogP contribution in [0.25, 0.3) is 0 Å². The number of fused-ring (bicyclic) bond motifs is 1. The quantitative estimate of drug-likeness (QED) is 0.686. The van der Waals surface area contributed by atoms with Crippen LogP contribution in [0.15, 0.2) is 47.5 Å². The number of hydrogen-bond acceptors (Lipinski definition) is 4. The molecule has 0 amide bonds. The van der Waals surface area contributed by atoms with Gasteiger partial charge in [0.2, 0.25) is 0 Å². The van der Waals surface area contributed by atoms with Crippen molar-refractivity contribution in [3.05, 3.63) is 64.2 Å². The van der Waals surface area contributed by atoms with Crippen molar-refractivity contribution in [3.8, 4) is 0 Å². The van der Waals surface area contributed by atoms with Gasteiger partial charge >= 0.3 is 0 Å². The molecule has 2 aliphatic heterocycles. The maximum Gasteiger partial charge on any atom is 0.0410 e. The monoisotopic (exact) mass is 410 g/mol. The Kier molecular flexibility index (Phi) is 6.86. The number of nitrogens with zero attached hydrogens (tertiary/aromatic N) is 2. The summed E-state index contributed by atoms with van der Waals surface area (Å²) in [6, 6.07) is 15.1. The number of piperazine rings is 1. The summed E-state index contributed by atoms with van der Waals surface area (Å²) in [5.74, 6) is 0.528. The molecule has 2 aromatic rings. The number of halogens is 1. The van der Waals surface area contributed by atoms with E-state index in [-0.39, 0.29) is 0 Å². The molecule has 0 saturated carbocycles. The Hall–Kier alpha value is -1.88. The predicted molar refractivity (Wildman–Crippen MR) is 124 cm³/mol. The van der Waals surface area contributed by atoms with E-state index in [2.05, 4.69) is 58.9 Å². The molecule has 2 heterocycles. The van der Waals surface area contributed by atoms with Crippen molar-refractivity contribution < 1.29 is 0 Å². The zero-order valence-corrected chi connectivity index (χ0v) is 18.0. The lowest BCUT2D eigenvalue weighted by Gasteiger charge is -2.27. The lowest BCUT2D eigenvalue weighted by molar-refractivity contribution is 0.233. The van der Waals surface area contributed by atoms with Gasteiger partial charge in [0.1, 0.15) is 0 Å². The molecule has 2 aromatic carbocycles. The normalized spacial score (nSPS) is 20.2. The Bertz CT molecular complexity index is 858. The largest absolute Gasteiger partial charge is 0.385 e. The van der Waals surface area contributed by atoms with Gasteiger partial charge in [-0.1, -0.05) is 29.8 Å². The SMILES string of the molecule is CC(=NCCC1CCNc2ccc(Cl)cc21)c1cccc(CN2CCNCC2)c1. The molecule has 4 rings (SSSR count). The van der Waals surface area contributed by atoms with E-state index in [0.29, 0.717) is 5.92 Å². The molecular formula is C24H31ClN4. The van der Waals surface area contributed by atoms with Crippen LogP contribution in [0.1, 0.15) is 42.4 Å². The van der Waals surface area contributed by atoms with E-state index in [0.717, 1.165) is 69.4 Å². The third-order valence-corrected chi connectivity index (χ3v) is 6.28. The standard InChI is InChI=1S/C24H31ClN4/c1-18(21-4-2-3-19(15-21)17-29-13-11-26-12-14-29)27-9-7-20-8-10-28-24-6-5-22(25)16-23(20)24/h2-6,15-16,20,26,28H,7-14,17H2,1H3. The maximum absolute atomic E-state index is 6.23. The molecule has 4 nitrogen and oxygen atoms in total. The number of nitrogens with one attached hydrogen (secondary N) is 2. The van der Waals surface area contributed by atoms with E-state index in [1.807, 2.05) is 6.07 Å². The fourth-order valence-corrected chi connectivity index (χ4v) is 4.55. The highest BCUT2D eigenvalue weighted by Gasteiger charge is 2.20. The van der Waals surface area contributed by atoms with Crippen molar-refractivity contribution in [3.63, 3.8) is 0 Å².